The standard InChI is InChI=1S/C19H22N2O2/c1-14(21-19(22)18-3-2-12-23-13-18)15-4-6-16(7-5-15)17-8-10-20-11-9-17/h4-11,14,18H,2-3,12-13H2,1H3,(H,21,22). The Morgan fingerprint density at radius 1 is 1.17 bits per heavy atom. The van der Waals surface area contributed by atoms with E-state index in [0.717, 1.165) is 36.1 Å². The fraction of sp³-hybridized carbons (Fsp3) is 0.368. The molecule has 1 saturated heterocycles. The number of hydrogen-bond acceptors (Lipinski definition) is 3. The van der Waals surface area contributed by atoms with Crippen LogP contribution >= 0.6 is 0 Å². The van der Waals surface area contributed by atoms with E-state index in [1.165, 1.54) is 0 Å². The molecule has 3 rings (SSSR count). The van der Waals surface area contributed by atoms with Gasteiger partial charge in [0.2, 0.25) is 5.91 Å². The van der Waals surface area contributed by atoms with Gasteiger partial charge in [0.05, 0.1) is 18.6 Å². The Hall–Kier alpha value is -2.20. The second-order valence-electron chi connectivity index (χ2n) is 6.00. The molecule has 0 spiro atoms. The second kappa shape index (κ2) is 7.38. The minimum atomic E-state index is -0.0118. The van der Waals surface area contributed by atoms with E-state index in [4.69, 9.17) is 4.74 Å². The molecule has 1 N–H and O–H groups in total. The summed E-state index contributed by atoms with van der Waals surface area (Å²) >= 11 is 0. The molecule has 1 aromatic heterocycles. The van der Waals surface area contributed by atoms with Crippen LogP contribution in [-0.2, 0) is 9.53 Å². The maximum atomic E-state index is 12.3. The van der Waals surface area contributed by atoms with Crippen molar-refractivity contribution in [1.82, 2.24) is 10.3 Å². The summed E-state index contributed by atoms with van der Waals surface area (Å²) in [5.74, 6) is 0.0812. The van der Waals surface area contributed by atoms with Crippen molar-refractivity contribution in [1.29, 1.82) is 0 Å². The average Bonchev–Trinajstić information content (AvgIpc) is 2.63. The van der Waals surface area contributed by atoms with E-state index in [-0.39, 0.29) is 17.9 Å². The van der Waals surface area contributed by atoms with Gasteiger partial charge < -0.3 is 10.1 Å². The number of hydrogen-bond donors (Lipinski definition) is 1. The Kier molecular flexibility index (Phi) is 5.03. The summed E-state index contributed by atoms with van der Waals surface area (Å²) in [6, 6.07) is 12.3. The van der Waals surface area contributed by atoms with Crippen LogP contribution in [0.1, 0.15) is 31.4 Å². The molecule has 1 aliphatic rings. The number of carbonyl (C=O) groups is 1. The van der Waals surface area contributed by atoms with Crippen LogP contribution < -0.4 is 5.32 Å². The van der Waals surface area contributed by atoms with E-state index in [2.05, 4.69) is 34.6 Å². The van der Waals surface area contributed by atoms with Gasteiger partial charge in [0.25, 0.3) is 0 Å². The summed E-state index contributed by atoms with van der Waals surface area (Å²) in [6.45, 7) is 3.33. The van der Waals surface area contributed by atoms with Crippen molar-refractivity contribution in [3.05, 3.63) is 54.4 Å². The minimum Gasteiger partial charge on any atom is -0.381 e. The summed E-state index contributed by atoms with van der Waals surface area (Å²) < 4.78 is 5.39. The number of benzene rings is 1. The molecule has 23 heavy (non-hydrogen) atoms. The number of rotatable bonds is 4. The van der Waals surface area contributed by atoms with E-state index in [9.17, 15) is 4.79 Å². The number of carbonyl (C=O) groups excluding carboxylic acids is 1. The first-order chi connectivity index (χ1) is 11.2. The summed E-state index contributed by atoms with van der Waals surface area (Å²) in [7, 11) is 0. The SMILES string of the molecule is CC(NC(=O)C1CCCOC1)c1ccc(-c2ccncc2)cc1. The number of nitrogens with zero attached hydrogens (tertiary/aromatic N) is 1. The van der Waals surface area contributed by atoms with Crippen LogP contribution in [0.3, 0.4) is 0 Å². The molecule has 0 bridgehead atoms. The van der Waals surface area contributed by atoms with Crippen LogP contribution in [-0.4, -0.2) is 24.1 Å². The summed E-state index contributed by atoms with van der Waals surface area (Å²) in [5.41, 5.74) is 3.39. The molecule has 0 saturated carbocycles. The normalized spacial score (nSPS) is 19.1. The first kappa shape index (κ1) is 15.7. The molecule has 1 aliphatic heterocycles. The van der Waals surface area contributed by atoms with Crippen molar-refractivity contribution in [2.45, 2.75) is 25.8 Å². The molecule has 1 aromatic carbocycles. The predicted octanol–water partition coefficient (Wildman–Crippen LogP) is 3.35. The molecule has 2 atom stereocenters. The maximum Gasteiger partial charge on any atom is 0.225 e. The van der Waals surface area contributed by atoms with Crippen LogP contribution in [0.15, 0.2) is 48.8 Å². The van der Waals surface area contributed by atoms with Gasteiger partial charge in [-0.25, -0.2) is 0 Å². The van der Waals surface area contributed by atoms with Crippen LogP contribution in [0.5, 0.6) is 0 Å². The molecule has 1 fully saturated rings. The van der Waals surface area contributed by atoms with Gasteiger partial charge in [-0.2, -0.15) is 0 Å². The van der Waals surface area contributed by atoms with Gasteiger partial charge in [-0.15, -0.1) is 0 Å². The zero-order chi connectivity index (χ0) is 16.1. The largest absolute Gasteiger partial charge is 0.381 e. The highest BCUT2D eigenvalue weighted by atomic mass is 16.5. The summed E-state index contributed by atoms with van der Waals surface area (Å²) in [6.07, 6.45) is 5.46. The summed E-state index contributed by atoms with van der Waals surface area (Å²) in [5, 5.41) is 3.10. The molecular formula is C19H22N2O2. The lowest BCUT2D eigenvalue weighted by molar-refractivity contribution is -0.129. The number of ether oxygens (including phenoxy) is 1. The van der Waals surface area contributed by atoms with Crippen molar-refractivity contribution >= 4 is 5.91 Å². The number of amides is 1. The van der Waals surface area contributed by atoms with Gasteiger partial charge >= 0.3 is 0 Å². The van der Waals surface area contributed by atoms with Crippen molar-refractivity contribution in [2.24, 2.45) is 5.92 Å². The van der Waals surface area contributed by atoms with Gasteiger partial charge in [-0.1, -0.05) is 24.3 Å². The molecule has 1 amide bonds. The molecule has 4 heteroatoms. The lowest BCUT2D eigenvalue weighted by Gasteiger charge is -2.23. The van der Waals surface area contributed by atoms with Gasteiger partial charge in [-0.3, -0.25) is 9.78 Å². The van der Waals surface area contributed by atoms with Crippen LogP contribution in [0, 0.1) is 5.92 Å². The van der Waals surface area contributed by atoms with E-state index in [0.29, 0.717) is 6.61 Å². The number of aromatic nitrogens is 1. The topological polar surface area (TPSA) is 51.2 Å². The predicted molar refractivity (Wildman–Crippen MR) is 89.8 cm³/mol. The average molecular weight is 310 g/mol. The van der Waals surface area contributed by atoms with Gasteiger partial charge in [0.15, 0.2) is 0 Å². The molecule has 120 valence electrons. The highest BCUT2D eigenvalue weighted by molar-refractivity contribution is 5.79. The summed E-state index contributed by atoms with van der Waals surface area (Å²) in [4.78, 5) is 16.3. The molecule has 0 radical (unpaired) electrons. The highest BCUT2D eigenvalue weighted by Gasteiger charge is 2.23. The van der Waals surface area contributed by atoms with Crippen molar-refractivity contribution < 1.29 is 9.53 Å². The first-order valence-electron chi connectivity index (χ1n) is 8.12. The Balaban J connectivity index is 1.63. The third-order valence-corrected chi connectivity index (χ3v) is 4.31. The van der Waals surface area contributed by atoms with Crippen LogP contribution in [0.4, 0.5) is 0 Å². The second-order valence-corrected chi connectivity index (χ2v) is 6.00. The van der Waals surface area contributed by atoms with Crippen LogP contribution in [0.2, 0.25) is 0 Å². The monoisotopic (exact) mass is 310 g/mol. The molecule has 2 unspecified atom stereocenters. The van der Waals surface area contributed by atoms with E-state index < -0.39 is 0 Å². The number of pyridine rings is 1. The Morgan fingerprint density at radius 3 is 2.52 bits per heavy atom. The molecule has 4 nitrogen and oxygen atoms in total. The van der Waals surface area contributed by atoms with Crippen molar-refractivity contribution in [2.75, 3.05) is 13.2 Å². The Bertz CT molecular complexity index is 634. The van der Waals surface area contributed by atoms with Gasteiger partial charge in [0.1, 0.15) is 0 Å². The maximum absolute atomic E-state index is 12.3. The van der Waals surface area contributed by atoms with Crippen molar-refractivity contribution in [3.63, 3.8) is 0 Å². The van der Waals surface area contributed by atoms with Crippen molar-refractivity contribution in [3.8, 4) is 11.1 Å². The van der Waals surface area contributed by atoms with E-state index in [1.807, 2.05) is 19.1 Å². The van der Waals surface area contributed by atoms with E-state index >= 15 is 0 Å². The third kappa shape index (κ3) is 3.96. The van der Waals surface area contributed by atoms with Crippen LogP contribution in [0.25, 0.3) is 11.1 Å². The Morgan fingerprint density at radius 2 is 1.87 bits per heavy atom. The molecule has 2 heterocycles. The fourth-order valence-corrected chi connectivity index (χ4v) is 2.87. The molecule has 2 aromatic rings. The van der Waals surface area contributed by atoms with E-state index in [1.54, 1.807) is 12.4 Å². The zero-order valence-electron chi connectivity index (χ0n) is 13.4. The lowest BCUT2D eigenvalue weighted by Crippen LogP contribution is -2.36. The number of nitrogens with one attached hydrogen (secondary N) is 1. The van der Waals surface area contributed by atoms with Gasteiger partial charge in [-0.05, 0) is 48.6 Å². The lowest BCUT2D eigenvalue weighted by atomic mass is 9.99. The Labute approximate surface area is 136 Å². The van der Waals surface area contributed by atoms with Gasteiger partial charge in [0, 0.05) is 19.0 Å². The smallest absolute Gasteiger partial charge is 0.225 e. The molecular weight excluding hydrogens is 288 g/mol. The minimum absolute atomic E-state index is 0.00378. The quantitative estimate of drug-likeness (QED) is 0.942. The fourth-order valence-electron chi connectivity index (χ4n) is 2.87. The zero-order valence-corrected chi connectivity index (χ0v) is 13.4. The molecule has 0 aliphatic carbocycles. The first-order valence-corrected chi connectivity index (χ1v) is 8.12. The highest BCUT2D eigenvalue weighted by Crippen LogP contribution is 2.22. The third-order valence-electron chi connectivity index (χ3n) is 4.31.